The monoisotopic (exact) mass is 333 g/mol. The molecule has 0 saturated heterocycles. The standard InChI is InChI=1S/C14H24BrNOS/c1-5-6-16-13(14(17-4)10(2)3)8-12-7-11(15)9-18-12/h7,9-10,13-14,16H,5-6,8H2,1-4H3. The fourth-order valence-corrected chi connectivity index (χ4v) is 3.72. The summed E-state index contributed by atoms with van der Waals surface area (Å²) in [6, 6.07) is 2.60. The van der Waals surface area contributed by atoms with Crippen LogP contribution in [0.2, 0.25) is 0 Å². The van der Waals surface area contributed by atoms with Crippen molar-refractivity contribution in [3.05, 3.63) is 20.8 Å². The summed E-state index contributed by atoms with van der Waals surface area (Å²) in [6.45, 7) is 7.69. The van der Waals surface area contributed by atoms with Crippen LogP contribution in [-0.2, 0) is 11.2 Å². The van der Waals surface area contributed by atoms with E-state index < -0.39 is 0 Å². The molecule has 1 aromatic rings. The molecule has 0 saturated carbocycles. The normalized spacial score (nSPS) is 15.0. The number of hydrogen-bond acceptors (Lipinski definition) is 3. The van der Waals surface area contributed by atoms with E-state index in [1.165, 1.54) is 9.35 Å². The Balaban J connectivity index is 2.70. The average Bonchev–Trinajstić information content (AvgIpc) is 2.72. The summed E-state index contributed by atoms with van der Waals surface area (Å²) < 4.78 is 6.86. The lowest BCUT2D eigenvalue weighted by molar-refractivity contribution is 0.0335. The predicted octanol–water partition coefficient (Wildman–Crippen LogP) is 4.09. The Hall–Kier alpha value is 0.1000. The first-order valence-electron chi connectivity index (χ1n) is 6.57. The van der Waals surface area contributed by atoms with Gasteiger partial charge in [0.25, 0.3) is 0 Å². The second-order valence-electron chi connectivity index (χ2n) is 4.94. The van der Waals surface area contributed by atoms with Crippen LogP contribution in [0.25, 0.3) is 0 Å². The zero-order chi connectivity index (χ0) is 13.5. The van der Waals surface area contributed by atoms with Gasteiger partial charge in [-0.05, 0) is 47.3 Å². The van der Waals surface area contributed by atoms with Crippen LogP contribution in [-0.4, -0.2) is 25.8 Å². The van der Waals surface area contributed by atoms with Crippen molar-refractivity contribution in [2.45, 2.75) is 45.8 Å². The third-order valence-corrected chi connectivity index (χ3v) is 4.75. The number of rotatable bonds is 8. The third-order valence-electron chi connectivity index (χ3n) is 3.03. The molecule has 104 valence electrons. The van der Waals surface area contributed by atoms with Gasteiger partial charge in [0.15, 0.2) is 0 Å². The first kappa shape index (κ1) is 16.2. The van der Waals surface area contributed by atoms with Crippen molar-refractivity contribution in [2.75, 3.05) is 13.7 Å². The first-order valence-corrected chi connectivity index (χ1v) is 8.24. The van der Waals surface area contributed by atoms with Gasteiger partial charge in [0.1, 0.15) is 0 Å². The summed E-state index contributed by atoms with van der Waals surface area (Å²) in [6.07, 6.45) is 2.45. The minimum atomic E-state index is 0.262. The summed E-state index contributed by atoms with van der Waals surface area (Å²) in [5.74, 6) is 0.521. The van der Waals surface area contributed by atoms with Crippen LogP contribution in [0.3, 0.4) is 0 Å². The summed E-state index contributed by atoms with van der Waals surface area (Å²) in [5.41, 5.74) is 0. The van der Waals surface area contributed by atoms with E-state index in [0.29, 0.717) is 12.0 Å². The first-order chi connectivity index (χ1) is 8.58. The molecule has 2 atom stereocenters. The molecule has 0 spiro atoms. The van der Waals surface area contributed by atoms with E-state index in [1.54, 1.807) is 0 Å². The number of halogens is 1. The maximum atomic E-state index is 5.68. The van der Waals surface area contributed by atoms with Crippen LogP contribution in [0, 0.1) is 5.92 Å². The van der Waals surface area contributed by atoms with Crippen molar-refractivity contribution in [2.24, 2.45) is 5.92 Å². The molecule has 0 aliphatic rings. The highest BCUT2D eigenvalue weighted by Gasteiger charge is 2.24. The van der Waals surface area contributed by atoms with Gasteiger partial charge >= 0.3 is 0 Å². The Bertz CT molecular complexity index is 340. The van der Waals surface area contributed by atoms with Crippen molar-refractivity contribution in [1.29, 1.82) is 0 Å². The quantitative estimate of drug-likeness (QED) is 0.773. The van der Waals surface area contributed by atoms with Crippen LogP contribution in [0.1, 0.15) is 32.1 Å². The van der Waals surface area contributed by atoms with Gasteiger partial charge in [-0.1, -0.05) is 20.8 Å². The molecular formula is C14H24BrNOS. The molecule has 0 aliphatic carbocycles. The fourth-order valence-electron chi connectivity index (χ4n) is 2.21. The lowest BCUT2D eigenvalue weighted by Crippen LogP contribution is -2.45. The second-order valence-corrected chi connectivity index (χ2v) is 6.85. The zero-order valence-corrected chi connectivity index (χ0v) is 14.1. The summed E-state index contributed by atoms with van der Waals surface area (Å²) in [4.78, 5) is 1.40. The van der Waals surface area contributed by atoms with E-state index in [2.05, 4.69) is 53.5 Å². The van der Waals surface area contributed by atoms with Gasteiger partial charge in [0, 0.05) is 27.9 Å². The van der Waals surface area contributed by atoms with Crippen LogP contribution < -0.4 is 5.32 Å². The molecule has 2 nitrogen and oxygen atoms in total. The van der Waals surface area contributed by atoms with Crippen LogP contribution in [0.15, 0.2) is 15.9 Å². The summed E-state index contributed by atoms with van der Waals surface area (Å²) in [7, 11) is 1.82. The topological polar surface area (TPSA) is 21.3 Å². The van der Waals surface area contributed by atoms with Gasteiger partial charge in [-0.3, -0.25) is 0 Å². The van der Waals surface area contributed by atoms with Crippen molar-refractivity contribution in [3.63, 3.8) is 0 Å². The minimum absolute atomic E-state index is 0.262. The van der Waals surface area contributed by atoms with Gasteiger partial charge in [0.2, 0.25) is 0 Å². The smallest absolute Gasteiger partial charge is 0.0750 e. The van der Waals surface area contributed by atoms with E-state index >= 15 is 0 Å². The molecule has 1 heterocycles. The fraction of sp³-hybridized carbons (Fsp3) is 0.714. The van der Waals surface area contributed by atoms with E-state index in [1.807, 2.05) is 18.4 Å². The molecule has 4 heteroatoms. The lowest BCUT2D eigenvalue weighted by atomic mass is 9.96. The molecule has 0 bridgehead atoms. The number of ether oxygens (including phenoxy) is 1. The summed E-state index contributed by atoms with van der Waals surface area (Å²) >= 11 is 5.33. The van der Waals surface area contributed by atoms with Crippen LogP contribution >= 0.6 is 27.3 Å². The van der Waals surface area contributed by atoms with Crippen LogP contribution in [0.4, 0.5) is 0 Å². The van der Waals surface area contributed by atoms with Gasteiger partial charge in [-0.2, -0.15) is 0 Å². The lowest BCUT2D eigenvalue weighted by Gasteiger charge is -2.29. The molecule has 18 heavy (non-hydrogen) atoms. The Morgan fingerprint density at radius 3 is 2.61 bits per heavy atom. The van der Waals surface area contributed by atoms with Gasteiger partial charge in [0.05, 0.1) is 6.10 Å². The van der Waals surface area contributed by atoms with Crippen molar-refractivity contribution < 1.29 is 4.74 Å². The average molecular weight is 334 g/mol. The van der Waals surface area contributed by atoms with Gasteiger partial charge in [-0.25, -0.2) is 0 Å². The second kappa shape index (κ2) is 8.31. The van der Waals surface area contributed by atoms with Crippen molar-refractivity contribution >= 4 is 27.3 Å². The maximum absolute atomic E-state index is 5.68. The molecule has 0 amide bonds. The molecule has 0 fully saturated rings. The number of thiophene rings is 1. The molecule has 0 radical (unpaired) electrons. The molecular weight excluding hydrogens is 310 g/mol. The van der Waals surface area contributed by atoms with Gasteiger partial charge < -0.3 is 10.1 Å². The molecule has 1 aromatic heterocycles. The molecule has 0 aliphatic heterocycles. The predicted molar refractivity (Wildman–Crippen MR) is 83.4 cm³/mol. The van der Waals surface area contributed by atoms with E-state index in [0.717, 1.165) is 19.4 Å². The highest BCUT2D eigenvalue weighted by Crippen LogP contribution is 2.23. The number of methoxy groups -OCH3 is 1. The van der Waals surface area contributed by atoms with Crippen molar-refractivity contribution in [3.8, 4) is 0 Å². The van der Waals surface area contributed by atoms with Crippen LogP contribution in [0.5, 0.6) is 0 Å². The highest BCUT2D eigenvalue weighted by atomic mass is 79.9. The summed E-state index contributed by atoms with van der Waals surface area (Å²) in [5, 5.41) is 5.77. The number of nitrogens with one attached hydrogen (secondary N) is 1. The van der Waals surface area contributed by atoms with Gasteiger partial charge in [-0.15, -0.1) is 11.3 Å². The Kier molecular flexibility index (Phi) is 7.46. The SMILES string of the molecule is CCCNC(Cc1cc(Br)cs1)C(OC)C(C)C. The zero-order valence-electron chi connectivity index (χ0n) is 11.7. The maximum Gasteiger partial charge on any atom is 0.0750 e. The Morgan fingerprint density at radius 2 is 2.17 bits per heavy atom. The minimum Gasteiger partial charge on any atom is -0.380 e. The Labute approximate surface area is 123 Å². The van der Waals surface area contributed by atoms with E-state index in [9.17, 15) is 0 Å². The third kappa shape index (κ3) is 5.00. The molecule has 2 unspecified atom stereocenters. The number of hydrogen-bond donors (Lipinski definition) is 1. The highest BCUT2D eigenvalue weighted by molar-refractivity contribution is 9.10. The van der Waals surface area contributed by atoms with E-state index in [4.69, 9.17) is 4.74 Å². The van der Waals surface area contributed by atoms with E-state index in [-0.39, 0.29) is 6.10 Å². The Morgan fingerprint density at radius 1 is 1.44 bits per heavy atom. The van der Waals surface area contributed by atoms with Crippen molar-refractivity contribution in [1.82, 2.24) is 5.32 Å². The largest absolute Gasteiger partial charge is 0.380 e. The molecule has 0 aromatic carbocycles. The molecule has 1 rings (SSSR count). The molecule has 1 N–H and O–H groups in total.